The fraction of sp³-hybridized carbons (Fsp3) is 0.500. The first-order valence-corrected chi connectivity index (χ1v) is 10.3. The van der Waals surface area contributed by atoms with Crippen LogP contribution in [-0.2, 0) is 6.18 Å². The van der Waals surface area contributed by atoms with E-state index in [4.69, 9.17) is 11.3 Å². The molecule has 5 nitrogen and oxygen atoms in total. The lowest BCUT2D eigenvalue weighted by molar-refractivity contribution is -0.138. The van der Waals surface area contributed by atoms with E-state index in [9.17, 15) is 17.6 Å². The van der Waals surface area contributed by atoms with Gasteiger partial charge in [0, 0.05) is 31.5 Å². The monoisotopic (exact) mass is 434 g/mol. The van der Waals surface area contributed by atoms with E-state index in [1.54, 1.807) is 6.07 Å². The molecule has 2 aliphatic rings. The van der Waals surface area contributed by atoms with Gasteiger partial charge in [0.2, 0.25) is 11.6 Å². The van der Waals surface area contributed by atoms with Crippen LogP contribution in [0.2, 0.25) is 0 Å². The van der Waals surface area contributed by atoms with Gasteiger partial charge in [-0.05, 0) is 55.6 Å². The molecule has 1 saturated heterocycles. The maximum absolute atomic E-state index is 13.6. The minimum Gasteiger partial charge on any atom is -0.494 e. The number of alkyl halides is 3. The Kier molecular flexibility index (Phi) is 5.99. The van der Waals surface area contributed by atoms with Gasteiger partial charge in [-0.2, -0.15) is 13.2 Å². The molecule has 1 aromatic heterocycles. The predicted octanol–water partition coefficient (Wildman–Crippen LogP) is 5.51. The first-order valence-electron chi connectivity index (χ1n) is 10.3. The van der Waals surface area contributed by atoms with Gasteiger partial charge in [-0.1, -0.05) is 0 Å². The van der Waals surface area contributed by atoms with Crippen molar-refractivity contribution in [3.63, 3.8) is 0 Å². The zero-order valence-electron chi connectivity index (χ0n) is 16.8. The van der Waals surface area contributed by atoms with E-state index in [-0.39, 0.29) is 5.69 Å². The normalized spacial score (nSPS) is 21.6. The molecule has 0 bridgehead atoms. The first kappa shape index (κ1) is 21.3. The van der Waals surface area contributed by atoms with Gasteiger partial charge in [-0.15, -0.1) is 0 Å². The number of hydrogen-bond donors (Lipinski definition) is 0. The van der Waals surface area contributed by atoms with Gasteiger partial charge in [0.05, 0.1) is 18.7 Å². The van der Waals surface area contributed by atoms with E-state index in [1.165, 1.54) is 12.1 Å². The van der Waals surface area contributed by atoms with Crippen molar-refractivity contribution in [2.75, 3.05) is 24.6 Å². The maximum atomic E-state index is 13.6. The molecule has 0 radical (unpaired) electrons. The lowest BCUT2D eigenvalue weighted by atomic mass is 9.90. The Morgan fingerprint density at radius 2 is 1.87 bits per heavy atom. The van der Waals surface area contributed by atoms with Crippen molar-refractivity contribution in [2.24, 2.45) is 17.8 Å². The molecule has 1 aliphatic carbocycles. The van der Waals surface area contributed by atoms with Crippen molar-refractivity contribution >= 4 is 11.6 Å². The molecule has 0 unspecified atom stereocenters. The van der Waals surface area contributed by atoms with Crippen molar-refractivity contribution in [3.8, 4) is 5.75 Å². The third-order valence-electron chi connectivity index (χ3n) is 6.17. The lowest BCUT2D eigenvalue weighted by Gasteiger charge is -2.32. The van der Waals surface area contributed by atoms with Crippen molar-refractivity contribution in [2.45, 2.75) is 31.9 Å². The summed E-state index contributed by atoms with van der Waals surface area (Å²) in [6.07, 6.45) is 1.24. The molecule has 9 heteroatoms. The van der Waals surface area contributed by atoms with Crippen LogP contribution in [0.5, 0.6) is 5.75 Å². The number of aromatic nitrogens is 2. The second kappa shape index (κ2) is 8.69. The van der Waals surface area contributed by atoms with E-state index >= 15 is 0 Å². The van der Waals surface area contributed by atoms with Crippen LogP contribution in [0.1, 0.15) is 31.2 Å². The molecule has 1 saturated carbocycles. The van der Waals surface area contributed by atoms with Gasteiger partial charge in [-0.25, -0.2) is 19.2 Å². The maximum Gasteiger partial charge on any atom is 0.419 e. The molecular weight excluding hydrogens is 412 g/mol. The molecule has 4 rings (SSSR count). The highest BCUT2D eigenvalue weighted by molar-refractivity contribution is 5.48. The van der Waals surface area contributed by atoms with Crippen molar-refractivity contribution in [1.82, 2.24) is 9.97 Å². The average Bonchev–Trinajstić information content (AvgIpc) is 3.53. The highest BCUT2D eigenvalue weighted by atomic mass is 19.4. The Bertz CT molecular complexity index is 949. The Morgan fingerprint density at radius 1 is 1.16 bits per heavy atom. The quantitative estimate of drug-likeness (QED) is 0.444. The van der Waals surface area contributed by atoms with Crippen LogP contribution in [0.4, 0.5) is 29.2 Å². The number of halogens is 4. The van der Waals surface area contributed by atoms with Crippen LogP contribution in [0.15, 0.2) is 30.6 Å². The van der Waals surface area contributed by atoms with Gasteiger partial charge in [0.15, 0.2) is 0 Å². The molecule has 2 fully saturated rings. The molecule has 2 atom stereocenters. The summed E-state index contributed by atoms with van der Waals surface area (Å²) in [7, 11) is 0. The number of ether oxygens (including phenoxy) is 1. The largest absolute Gasteiger partial charge is 0.494 e. The summed E-state index contributed by atoms with van der Waals surface area (Å²) in [6.45, 7) is 8.85. The minimum atomic E-state index is -4.43. The number of anilines is 1. The molecule has 164 valence electrons. The van der Waals surface area contributed by atoms with Gasteiger partial charge in [0.25, 0.3) is 0 Å². The van der Waals surface area contributed by atoms with Gasteiger partial charge in [0.1, 0.15) is 11.6 Å². The van der Waals surface area contributed by atoms with Crippen molar-refractivity contribution in [1.29, 1.82) is 0 Å². The van der Waals surface area contributed by atoms with E-state index in [1.807, 2.05) is 4.90 Å². The van der Waals surface area contributed by atoms with E-state index in [2.05, 4.69) is 14.8 Å². The van der Waals surface area contributed by atoms with Gasteiger partial charge in [-0.3, -0.25) is 0 Å². The van der Waals surface area contributed by atoms with Crippen molar-refractivity contribution < 1.29 is 22.3 Å². The lowest BCUT2D eigenvalue weighted by Crippen LogP contribution is -2.35. The molecule has 1 aliphatic heterocycles. The smallest absolute Gasteiger partial charge is 0.419 e. The third kappa shape index (κ3) is 5.06. The number of benzene rings is 1. The topological polar surface area (TPSA) is 42.6 Å². The van der Waals surface area contributed by atoms with Gasteiger partial charge < -0.3 is 9.64 Å². The molecule has 0 amide bonds. The summed E-state index contributed by atoms with van der Waals surface area (Å²) in [4.78, 5) is 12.8. The summed E-state index contributed by atoms with van der Waals surface area (Å²) in [5, 5.41) is 0. The fourth-order valence-electron chi connectivity index (χ4n) is 4.34. The molecule has 0 spiro atoms. The number of hydrogen-bond acceptors (Lipinski definition) is 4. The van der Waals surface area contributed by atoms with Crippen LogP contribution < -0.4 is 9.64 Å². The van der Waals surface area contributed by atoms with E-state index < -0.39 is 17.6 Å². The minimum absolute atomic E-state index is 0.0114. The van der Waals surface area contributed by atoms with Crippen LogP contribution in [-0.4, -0.2) is 29.7 Å². The summed E-state index contributed by atoms with van der Waals surface area (Å²) in [5.74, 6) is 2.04. The number of piperidine rings is 1. The Hall–Kier alpha value is -2.89. The second-order valence-electron chi connectivity index (χ2n) is 8.12. The first-order chi connectivity index (χ1) is 14.8. The van der Waals surface area contributed by atoms with Crippen molar-refractivity contribution in [3.05, 3.63) is 53.4 Å². The van der Waals surface area contributed by atoms with Crippen LogP contribution in [0.3, 0.4) is 0 Å². The van der Waals surface area contributed by atoms with Gasteiger partial charge >= 0.3 is 6.18 Å². The summed E-state index contributed by atoms with van der Waals surface area (Å²) >= 11 is 0. The van der Waals surface area contributed by atoms with E-state index in [0.717, 1.165) is 51.2 Å². The molecule has 1 aromatic carbocycles. The van der Waals surface area contributed by atoms with Crippen LogP contribution in [0.25, 0.3) is 4.85 Å². The Balaban J connectivity index is 1.19. The Morgan fingerprint density at radius 3 is 2.48 bits per heavy atom. The average molecular weight is 434 g/mol. The summed E-state index contributed by atoms with van der Waals surface area (Å²) in [6, 6.07) is 4.28. The standard InChI is InChI=1S/C22H22F4N4O/c1-27-20-3-2-17(11-19(20)23)31-9-6-15-10-18(15)14-4-7-30(8-5-14)21-28-12-16(13-29-21)22(24,25)26/h2-3,11-15,18H,4-10H2/t15-,18+/m0/s1. The molecule has 0 N–H and O–H groups in total. The fourth-order valence-corrected chi connectivity index (χ4v) is 4.34. The van der Waals surface area contributed by atoms with Crippen LogP contribution >= 0.6 is 0 Å². The number of nitrogens with zero attached hydrogens (tertiary/aromatic N) is 4. The summed E-state index contributed by atoms with van der Waals surface area (Å²) in [5.41, 5.74) is -0.845. The number of rotatable bonds is 6. The molecule has 31 heavy (non-hydrogen) atoms. The van der Waals surface area contributed by atoms with E-state index in [0.29, 0.717) is 36.1 Å². The molecule has 2 aromatic rings. The second-order valence-corrected chi connectivity index (χ2v) is 8.12. The predicted molar refractivity (Wildman–Crippen MR) is 106 cm³/mol. The SMILES string of the molecule is [C-]#[N+]c1ccc(OCC[C@H]2C[C@@H]2C2CCN(c3ncc(C(F)(F)F)cn3)CC2)cc1F. The highest BCUT2D eigenvalue weighted by Gasteiger charge is 2.43. The zero-order chi connectivity index (χ0) is 22.0. The highest BCUT2D eigenvalue weighted by Crippen LogP contribution is 2.50. The summed E-state index contributed by atoms with van der Waals surface area (Å²) < 4.78 is 57.2. The van der Waals surface area contributed by atoms with Crippen LogP contribution in [0, 0.1) is 30.1 Å². The molecule has 2 heterocycles. The molecular formula is C22H22F4N4O. The zero-order valence-corrected chi connectivity index (χ0v) is 16.8. The Labute approximate surface area is 177 Å². The third-order valence-corrected chi connectivity index (χ3v) is 6.17.